The van der Waals surface area contributed by atoms with Gasteiger partial charge in [0.05, 0.1) is 0 Å². The van der Waals surface area contributed by atoms with E-state index < -0.39 is 0 Å². The number of fused-ring (bicyclic) bond motifs is 5. The van der Waals surface area contributed by atoms with Crippen LogP contribution in [0.1, 0.15) is 20.3 Å². The highest BCUT2D eigenvalue weighted by Crippen LogP contribution is 2.55. The molecule has 13 heavy (non-hydrogen) atoms. The fourth-order valence-corrected chi connectivity index (χ4v) is 3.39. The molecular weight excluding hydrogens is 156 g/mol. The lowest BCUT2D eigenvalue weighted by Gasteiger charge is -2.22. The van der Waals surface area contributed by atoms with Crippen LogP contribution in [0.4, 0.5) is 0 Å². The maximum Gasteiger partial charge on any atom is -0.00309 e. The van der Waals surface area contributed by atoms with Crippen molar-refractivity contribution in [3.05, 3.63) is 35.5 Å². The topological polar surface area (TPSA) is 0 Å². The standard InChI is InChI=1S/C13H16/c1-8(2)11-5-6-12-9-3-4-10(7-9)13(11)12/h3-6,9-10,12-13H,7H2,1-2H3. The average Bonchev–Trinajstić information content (AvgIpc) is 2.76. The maximum absolute atomic E-state index is 2.45. The summed E-state index contributed by atoms with van der Waals surface area (Å²) in [5, 5.41) is 0. The van der Waals surface area contributed by atoms with Crippen LogP contribution in [0, 0.1) is 23.7 Å². The summed E-state index contributed by atoms with van der Waals surface area (Å²) in [6.45, 7) is 4.50. The molecule has 3 aliphatic carbocycles. The first-order chi connectivity index (χ1) is 6.27. The molecule has 1 fully saturated rings. The van der Waals surface area contributed by atoms with Crippen LogP contribution in [0.2, 0.25) is 0 Å². The van der Waals surface area contributed by atoms with Crippen LogP contribution >= 0.6 is 0 Å². The molecule has 0 nitrogen and oxygen atoms in total. The summed E-state index contributed by atoms with van der Waals surface area (Å²) in [7, 11) is 0. The minimum Gasteiger partial charge on any atom is -0.0845 e. The molecule has 0 N–H and O–H groups in total. The zero-order chi connectivity index (χ0) is 9.00. The third-order valence-corrected chi connectivity index (χ3v) is 3.95. The van der Waals surface area contributed by atoms with E-state index in [0.717, 1.165) is 23.7 Å². The van der Waals surface area contributed by atoms with Gasteiger partial charge < -0.3 is 0 Å². The Morgan fingerprint density at radius 1 is 1.15 bits per heavy atom. The predicted molar refractivity (Wildman–Crippen MR) is 55.2 cm³/mol. The van der Waals surface area contributed by atoms with Gasteiger partial charge in [-0.1, -0.05) is 29.9 Å². The molecule has 0 aliphatic heterocycles. The molecule has 0 aromatic heterocycles. The minimum atomic E-state index is 0.847. The summed E-state index contributed by atoms with van der Waals surface area (Å²) < 4.78 is 0. The molecule has 0 radical (unpaired) electrons. The summed E-state index contributed by atoms with van der Waals surface area (Å²) in [6, 6.07) is 0. The highest BCUT2D eigenvalue weighted by Gasteiger charge is 2.46. The van der Waals surface area contributed by atoms with Crippen LogP contribution < -0.4 is 0 Å². The normalized spacial score (nSPS) is 44.6. The molecule has 4 atom stereocenters. The fraction of sp³-hybridized carbons (Fsp3) is 0.538. The van der Waals surface area contributed by atoms with E-state index in [4.69, 9.17) is 0 Å². The molecule has 2 bridgehead atoms. The van der Waals surface area contributed by atoms with Gasteiger partial charge in [0.2, 0.25) is 0 Å². The van der Waals surface area contributed by atoms with Gasteiger partial charge in [-0.2, -0.15) is 0 Å². The first-order valence-corrected chi connectivity index (χ1v) is 5.31. The fourth-order valence-electron chi connectivity index (χ4n) is 3.39. The molecule has 1 saturated carbocycles. The van der Waals surface area contributed by atoms with Gasteiger partial charge in [-0.3, -0.25) is 0 Å². The number of rotatable bonds is 0. The molecule has 3 aliphatic rings. The summed E-state index contributed by atoms with van der Waals surface area (Å²) in [5.41, 5.74) is 3.14. The number of allylic oxidation sites excluding steroid dienone is 6. The molecule has 0 heterocycles. The smallest absolute Gasteiger partial charge is 0.00309 e. The van der Waals surface area contributed by atoms with Crippen LogP contribution in [0.25, 0.3) is 0 Å². The van der Waals surface area contributed by atoms with Crippen LogP contribution in [0.5, 0.6) is 0 Å². The lowest BCUT2D eigenvalue weighted by molar-refractivity contribution is 0.450. The molecule has 0 spiro atoms. The second-order valence-corrected chi connectivity index (χ2v) is 4.87. The van der Waals surface area contributed by atoms with E-state index in [2.05, 4.69) is 38.2 Å². The largest absolute Gasteiger partial charge is 0.0845 e. The van der Waals surface area contributed by atoms with Gasteiger partial charge in [0, 0.05) is 0 Å². The van der Waals surface area contributed by atoms with Crippen molar-refractivity contribution in [2.75, 3.05) is 0 Å². The first kappa shape index (κ1) is 7.61. The van der Waals surface area contributed by atoms with Crippen molar-refractivity contribution in [1.82, 2.24) is 0 Å². The quantitative estimate of drug-likeness (QED) is 0.492. The van der Waals surface area contributed by atoms with Gasteiger partial charge in [-0.25, -0.2) is 0 Å². The molecular formula is C13H16. The van der Waals surface area contributed by atoms with Gasteiger partial charge in [0.25, 0.3) is 0 Å². The number of hydrogen-bond acceptors (Lipinski definition) is 0. The van der Waals surface area contributed by atoms with Crippen molar-refractivity contribution < 1.29 is 0 Å². The van der Waals surface area contributed by atoms with Crippen LogP contribution in [0.3, 0.4) is 0 Å². The summed E-state index contributed by atoms with van der Waals surface area (Å²) in [6.07, 6.45) is 11.1. The van der Waals surface area contributed by atoms with E-state index >= 15 is 0 Å². The maximum atomic E-state index is 2.45. The second-order valence-electron chi connectivity index (χ2n) is 4.87. The molecule has 0 aromatic rings. The Morgan fingerprint density at radius 2 is 1.92 bits per heavy atom. The number of hydrogen-bond donors (Lipinski definition) is 0. The Labute approximate surface area is 80.0 Å². The minimum absolute atomic E-state index is 0.847. The lowest BCUT2D eigenvalue weighted by Crippen LogP contribution is -2.15. The van der Waals surface area contributed by atoms with Crippen molar-refractivity contribution in [3.8, 4) is 0 Å². The van der Waals surface area contributed by atoms with Crippen molar-refractivity contribution in [1.29, 1.82) is 0 Å². The second kappa shape index (κ2) is 2.37. The van der Waals surface area contributed by atoms with E-state index in [1.165, 1.54) is 12.0 Å². The first-order valence-electron chi connectivity index (χ1n) is 5.31. The van der Waals surface area contributed by atoms with Gasteiger partial charge >= 0.3 is 0 Å². The van der Waals surface area contributed by atoms with Crippen molar-refractivity contribution >= 4 is 0 Å². The van der Waals surface area contributed by atoms with Crippen LogP contribution in [-0.2, 0) is 0 Å². The Kier molecular flexibility index (Phi) is 1.39. The monoisotopic (exact) mass is 172 g/mol. The van der Waals surface area contributed by atoms with E-state index in [-0.39, 0.29) is 0 Å². The SMILES string of the molecule is CC(C)=C1C=CC2C3C=CC(C3)C12. The highest BCUT2D eigenvalue weighted by molar-refractivity contribution is 5.40. The molecule has 0 amide bonds. The Balaban J connectivity index is 2.05. The Morgan fingerprint density at radius 3 is 2.69 bits per heavy atom. The summed E-state index contributed by atoms with van der Waals surface area (Å²) >= 11 is 0. The van der Waals surface area contributed by atoms with Crippen molar-refractivity contribution in [3.63, 3.8) is 0 Å². The lowest BCUT2D eigenvalue weighted by atomic mass is 9.82. The van der Waals surface area contributed by atoms with Crippen molar-refractivity contribution in [2.45, 2.75) is 20.3 Å². The average molecular weight is 172 g/mol. The van der Waals surface area contributed by atoms with Gasteiger partial charge in [0.1, 0.15) is 0 Å². The van der Waals surface area contributed by atoms with E-state index in [1.54, 1.807) is 5.57 Å². The summed E-state index contributed by atoms with van der Waals surface area (Å²) in [4.78, 5) is 0. The van der Waals surface area contributed by atoms with E-state index in [1.807, 2.05) is 0 Å². The zero-order valence-electron chi connectivity index (χ0n) is 8.33. The highest BCUT2D eigenvalue weighted by atomic mass is 14.5. The zero-order valence-corrected chi connectivity index (χ0v) is 8.33. The molecule has 0 saturated heterocycles. The van der Waals surface area contributed by atoms with E-state index in [0.29, 0.717) is 0 Å². The molecule has 3 rings (SSSR count). The Hall–Kier alpha value is -0.780. The van der Waals surface area contributed by atoms with E-state index in [9.17, 15) is 0 Å². The molecule has 68 valence electrons. The molecule has 0 aromatic carbocycles. The van der Waals surface area contributed by atoms with Crippen molar-refractivity contribution in [2.24, 2.45) is 23.7 Å². The van der Waals surface area contributed by atoms with Crippen LogP contribution in [-0.4, -0.2) is 0 Å². The Bertz CT molecular complexity index is 326. The third-order valence-electron chi connectivity index (χ3n) is 3.95. The molecule has 4 unspecified atom stereocenters. The predicted octanol–water partition coefficient (Wildman–Crippen LogP) is 3.33. The van der Waals surface area contributed by atoms with Gasteiger partial charge in [0.15, 0.2) is 0 Å². The van der Waals surface area contributed by atoms with Gasteiger partial charge in [-0.05, 0) is 49.5 Å². The van der Waals surface area contributed by atoms with Gasteiger partial charge in [-0.15, -0.1) is 0 Å². The summed E-state index contributed by atoms with van der Waals surface area (Å²) in [5.74, 6) is 3.41. The third kappa shape index (κ3) is 0.864. The molecule has 0 heteroatoms. The van der Waals surface area contributed by atoms with Crippen LogP contribution in [0.15, 0.2) is 35.5 Å².